The zero-order valence-electron chi connectivity index (χ0n) is 10.1. The third-order valence-electron chi connectivity index (χ3n) is 2.49. The highest BCUT2D eigenvalue weighted by molar-refractivity contribution is 7.92. The van der Waals surface area contributed by atoms with Crippen LogP contribution < -0.4 is 0 Å². The Labute approximate surface area is 108 Å². The summed E-state index contributed by atoms with van der Waals surface area (Å²) in [5.41, 5.74) is -1.09. The Morgan fingerprint density at radius 3 is 2.37 bits per heavy atom. The van der Waals surface area contributed by atoms with Crippen molar-refractivity contribution in [3.8, 4) is 0 Å². The van der Waals surface area contributed by atoms with Gasteiger partial charge in [0.25, 0.3) is 0 Å². The highest BCUT2D eigenvalue weighted by atomic mass is 32.2. The molecule has 106 valence electrons. The molecule has 0 radical (unpaired) electrons. The summed E-state index contributed by atoms with van der Waals surface area (Å²) in [6.07, 6.45) is -4.65. The van der Waals surface area contributed by atoms with Gasteiger partial charge < -0.3 is 4.74 Å². The molecule has 1 aromatic carbocycles. The number of benzene rings is 1. The summed E-state index contributed by atoms with van der Waals surface area (Å²) in [6.45, 7) is 1.06. The molecular formula is C11H11F3O4S. The highest BCUT2D eigenvalue weighted by Gasteiger charge is 2.34. The number of esters is 1. The Balaban J connectivity index is 3.27. The first-order chi connectivity index (χ1) is 8.60. The van der Waals surface area contributed by atoms with Crippen molar-refractivity contribution in [1.29, 1.82) is 0 Å². The first kappa shape index (κ1) is 15.5. The lowest BCUT2D eigenvalue weighted by Crippen LogP contribution is -2.28. The molecular weight excluding hydrogens is 285 g/mol. The van der Waals surface area contributed by atoms with Crippen LogP contribution in [0.25, 0.3) is 0 Å². The van der Waals surface area contributed by atoms with Gasteiger partial charge in [-0.1, -0.05) is 6.07 Å². The molecule has 8 heteroatoms. The third kappa shape index (κ3) is 3.25. The third-order valence-corrected chi connectivity index (χ3v) is 4.52. The average Bonchev–Trinajstić information content (AvgIpc) is 2.36. The summed E-state index contributed by atoms with van der Waals surface area (Å²) < 4.78 is 65.7. The van der Waals surface area contributed by atoms with Crippen LogP contribution in [0, 0.1) is 0 Å². The summed E-state index contributed by atoms with van der Waals surface area (Å²) in [5.74, 6) is -1.03. The Morgan fingerprint density at radius 2 is 1.89 bits per heavy atom. The molecule has 0 saturated heterocycles. The Bertz CT molecular complexity index is 578. The van der Waals surface area contributed by atoms with Crippen molar-refractivity contribution in [2.45, 2.75) is 23.2 Å². The molecule has 0 aliphatic carbocycles. The van der Waals surface area contributed by atoms with Crippen molar-refractivity contribution in [3.05, 3.63) is 29.8 Å². The molecule has 19 heavy (non-hydrogen) atoms. The molecule has 1 atom stereocenters. The van der Waals surface area contributed by atoms with Crippen LogP contribution >= 0.6 is 0 Å². The van der Waals surface area contributed by atoms with E-state index in [0.29, 0.717) is 6.07 Å². The lowest BCUT2D eigenvalue weighted by Gasteiger charge is -2.12. The maximum atomic E-state index is 12.5. The van der Waals surface area contributed by atoms with Gasteiger partial charge in [0.05, 0.1) is 17.6 Å². The lowest BCUT2D eigenvalue weighted by atomic mass is 10.2. The molecule has 0 aliphatic rings. The summed E-state index contributed by atoms with van der Waals surface area (Å²) in [7, 11) is -3.21. The molecule has 0 heterocycles. The van der Waals surface area contributed by atoms with Crippen molar-refractivity contribution in [1.82, 2.24) is 0 Å². The molecule has 1 unspecified atom stereocenters. The molecule has 1 rings (SSSR count). The molecule has 4 nitrogen and oxygen atoms in total. The summed E-state index contributed by atoms with van der Waals surface area (Å²) in [6, 6.07) is 3.22. The minimum Gasteiger partial charge on any atom is -0.468 e. The van der Waals surface area contributed by atoms with Gasteiger partial charge in [-0.2, -0.15) is 13.2 Å². The van der Waals surface area contributed by atoms with E-state index in [1.165, 1.54) is 0 Å². The molecule has 0 N–H and O–H groups in total. The SMILES string of the molecule is COC(=O)C(C)S(=O)(=O)c1cccc(C(F)(F)F)c1. The van der Waals surface area contributed by atoms with Crippen molar-refractivity contribution in [2.24, 2.45) is 0 Å². The van der Waals surface area contributed by atoms with E-state index < -0.39 is 37.7 Å². The minimum atomic E-state index is -4.65. The van der Waals surface area contributed by atoms with E-state index in [-0.39, 0.29) is 0 Å². The summed E-state index contributed by atoms with van der Waals surface area (Å²) >= 11 is 0. The number of halogens is 3. The van der Waals surface area contributed by atoms with Crippen LogP contribution in [0.1, 0.15) is 12.5 Å². The van der Waals surface area contributed by atoms with Crippen LogP contribution in [0.5, 0.6) is 0 Å². The van der Waals surface area contributed by atoms with Gasteiger partial charge in [0.1, 0.15) is 0 Å². The number of alkyl halides is 3. The zero-order chi connectivity index (χ0) is 14.8. The van der Waals surface area contributed by atoms with Crippen molar-refractivity contribution in [2.75, 3.05) is 7.11 Å². The smallest absolute Gasteiger partial charge is 0.416 e. The summed E-state index contributed by atoms with van der Waals surface area (Å²) in [4.78, 5) is 10.6. The first-order valence-electron chi connectivity index (χ1n) is 5.09. The van der Waals surface area contributed by atoms with Gasteiger partial charge in [-0.25, -0.2) is 8.42 Å². The number of rotatable bonds is 3. The van der Waals surface area contributed by atoms with Gasteiger partial charge in [0.15, 0.2) is 15.1 Å². The molecule has 1 aromatic rings. The van der Waals surface area contributed by atoms with Crippen molar-refractivity contribution < 1.29 is 31.1 Å². The van der Waals surface area contributed by atoms with Gasteiger partial charge in [-0.05, 0) is 25.1 Å². The van der Waals surface area contributed by atoms with E-state index in [1.807, 2.05) is 0 Å². The second-order valence-corrected chi connectivity index (χ2v) is 6.00. The van der Waals surface area contributed by atoms with E-state index >= 15 is 0 Å². The largest absolute Gasteiger partial charge is 0.468 e. The second-order valence-electron chi connectivity index (χ2n) is 3.74. The van der Waals surface area contributed by atoms with Gasteiger partial charge in [0.2, 0.25) is 0 Å². The molecule has 0 saturated carbocycles. The maximum Gasteiger partial charge on any atom is 0.416 e. The van der Waals surface area contributed by atoms with E-state index in [4.69, 9.17) is 0 Å². The van der Waals surface area contributed by atoms with Crippen LogP contribution in [0.3, 0.4) is 0 Å². The standard InChI is InChI=1S/C11H11F3O4S/c1-7(10(15)18-2)19(16,17)9-5-3-4-8(6-9)11(12,13)14/h3-7H,1-2H3. The van der Waals surface area contributed by atoms with Crippen LogP contribution in [0.2, 0.25) is 0 Å². The molecule has 0 aliphatic heterocycles. The van der Waals surface area contributed by atoms with E-state index in [0.717, 1.165) is 32.2 Å². The van der Waals surface area contributed by atoms with E-state index in [2.05, 4.69) is 4.74 Å². The Kier molecular flexibility index (Phi) is 4.24. The number of hydrogen-bond donors (Lipinski definition) is 0. The van der Waals surface area contributed by atoms with Gasteiger partial charge in [-0.3, -0.25) is 4.79 Å². The van der Waals surface area contributed by atoms with Crippen LogP contribution in [0.15, 0.2) is 29.2 Å². The second kappa shape index (κ2) is 5.20. The van der Waals surface area contributed by atoms with E-state index in [9.17, 15) is 26.4 Å². The molecule has 0 spiro atoms. The van der Waals surface area contributed by atoms with Gasteiger partial charge in [0, 0.05) is 0 Å². The Morgan fingerprint density at radius 1 is 1.32 bits per heavy atom. The molecule has 0 aromatic heterocycles. The van der Waals surface area contributed by atoms with Gasteiger partial charge >= 0.3 is 12.1 Å². The van der Waals surface area contributed by atoms with Crippen molar-refractivity contribution >= 4 is 15.8 Å². The highest BCUT2D eigenvalue weighted by Crippen LogP contribution is 2.31. The Hall–Kier alpha value is -1.57. The number of sulfone groups is 1. The van der Waals surface area contributed by atoms with Crippen LogP contribution in [-0.4, -0.2) is 26.7 Å². The maximum absolute atomic E-state index is 12.5. The minimum absolute atomic E-state index is 0.495. The van der Waals surface area contributed by atoms with Crippen LogP contribution in [-0.2, 0) is 25.5 Å². The number of carbonyl (C=O) groups is 1. The molecule has 0 fully saturated rings. The van der Waals surface area contributed by atoms with Crippen LogP contribution in [0.4, 0.5) is 13.2 Å². The number of hydrogen-bond acceptors (Lipinski definition) is 4. The van der Waals surface area contributed by atoms with Crippen molar-refractivity contribution in [3.63, 3.8) is 0 Å². The number of carbonyl (C=O) groups excluding carboxylic acids is 1. The quantitative estimate of drug-likeness (QED) is 0.801. The topological polar surface area (TPSA) is 60.4 Å². The first-order valence-corrected chi connectivity index (χ1v) is 6.64. The van der Waals surface area contributed by atoms with Gasteiger partial charge in [-0.15, -0.1) is 0 Å². The predicted octanol–water partition coefficient (Wildman–Crippen LogP) is 2.04. The van der Waals surface area contributed by atoms with E-state index in [1.54, 1.807) is 0 Å². The fourth-order valence-electron chi connectivity index (χ4n) is 1.35. The fourth-order valence-corrected chi connectivity index (χ4v) is 2.66. The zero-order valence-corrected chi connectivity index (χ0v) is 10.9. The normalized spacial score (nSPS) is 13.9. The fraction of sp³-hybridized carbons (Fsp3) is 0.364. The average molecular weight is 296 g/mol. The predicted molar refractivity (Wildman–Crippen MR) is 60.1 cm³/mol. The number of methoxy groups -OCH3 is 1. The molecule has 0 bridgehead atoms. The lowest BCUT2D eigenvalue weighted by molar-refractivity contribution is -0.139. The molecule has 0 amide bonds. The summed E-state index contributed by atoms with van der Waals surface area (Å²) in [5, 5.41) is -1.57. The number of ether oxygens (including phenoxy) is 1. The monoisotopic (exact) mass is 296 g/mol.